The van der Waals surface area contributed by atoms with Crippen molar-refractivity contribution in [1.29, 1.82) is 0 Å². The van der Waals surface area contributed by atoms with Crippen LogP contribution in [0.2, 0.25) is 0 Å². The first-order valence-electron chi connectivity index (χ1n) is 12.7. The molecule has 0 radical (unpaired) electrons. The van der Waals surface area contributed by atoms with E-state index in [0.29, 0.717) is 43.7 Å². The minimum Gasteiger partial charge on any atom is -0.494 e. The zero-order chi connectivity index (χ0) is 24.5. The number of carbonyl (C=O) groups excluding carboxylic acids is 1. The summed E-state index contributed by atoms with van der Waals surface area (Å²) in [5, 5.41) is 7.44. The predicted octanol–water partition coefficient (Wildman–Crippen LogP) is 4.98. The molecule has 3 aromatic rings. The van der Waals surface area contributed by atoms with Gasteiger partial charge in [-0.25, -0.2) is 4.39 Å². The third kappa shape index (κ3) is 4.46. The van der Waals surface area contributed by atoms with E-state index in [1.807, 2.05) is 29.2 Å². The van der Waals surface area contributed by atoms with Crippen LogP contribution >= 0.6 is 0 Å². The van der Waals surface area contributed by atoms with E-state index < -0.39 is 0 Å². The first kappa shape index (κ1) is 23.0. The number of aromatic nitrogens is 2. The Morgan fingerprint density at radius 2 is 1.97 bits per heavy atom. The van der Waals surface area contributed by atoms with Crippen molar-refractivity contribution in [2.75, 3.05) is 26.3 Å². The number of nitrogens with one attached hydrogen (secondary N) is 1. The van der Waals surface area contributed by atoms with Gasteiger partial charge in [-0.2, -0.15) is 5.10 Å². The van der Waals surface area contributed by atoms with Gasteiger partial charge in [0.15, 0.2) is 0 Å². The minimum atomic E-state index is -0.260. The summed E-state index contributed by atoms with van der Waals surface area (Å²) in [5.41, 5.74) is 2.89. The summed E-state index contributed by atoms with van der Waals surface area (Å²) >= 11 is 0. The van der Waals surface area contributed by atoms with E-state index in [4.69, 9.17) is 14.2 Å². The van der Waals surface area contributed by atoms with E-state index in [2.05, 4.69) is 10.2 Å². The van der Waals surface area contributed by atoms with Crippen LogP contribution in [-0.4, -0.2) is 52.9 Å². The van der Waals surface area contributed by atoms with E-state index in [1.165, 1.54) is 12.1 Å². The summed E-state index contributed by atoms with van der Waals surface area (Å²) in [6, 6.07) is 13.9. The number of halogens is 1. The Balaban J connectivity index is 1.05. The summed E-state index contributed by atoms with van der Waals surface area (Å²) in [6.07, 6.45) is 4.57. The van der Waals surface area contributed by atoms with Gasteiger partial charge >= 0.3 is 0 Å². The van der Waals surface area contributed by atoms with Crippen LogP contribution in [0.3, 0.4) is 0 Å². The number of piperidine rings is 1. The summed E-state index contributed by atoms with van der Waals surface area (Å²) in [4.78, 5) is 15.3. The third-order valence-electron chi connectivity index (χ3n) is 7.76. The second-order valence-electron chi connectivity index (χ2n) is 9.98. The third-order valence-corrected chi connectivity index (χ3v) is 7.76. The highest BCUT2D eigenvalue weighted by Crippen LogP contribution is 2.40. The number of rotatable bonds is 5. The zero-order valence-corrected chi connectivity index (χ0v) is 20.2. The highest BCUT2D eigenvalue weighted by molar-refractivity contribution is 5.96. The van der Waals surface area contributed by atoms with Crippen molar-refractivity contribution in [1.82, 2.24) is 15.1 Å². The average molecular weight is 492 g/mol. The number of likely N-dealkylation sites (tertiary alicyclic amines) is 1. The monoisotopic (exact) mass is 491 g/mol. The van der Waals surface area contributed by atoms with Gasteiger partial charge < -0.3 is 19.1 Å². The number of para-hydroxylation sites is 1. The SMILES string of the molecule is O=C(c1[nH]nc2c1COc1ccccc1-2)N1CCC2(CC1)CC(CCOc1ccc(F)cc1)CCO2. The lowest BCUT2D eigenvalue weighted by atomic mass is 9.78. The van der Waals surface area contributed by atoms with Gasteiger partial charge in [0.1, 0.15) is 35.3 Å². The molecule has 8 heteroatoms. The van der Waals surface area contributed by atoms with Crippen LogP contribution < -0.4 is 9.47 Å². The number of benzene rings is 2. The van der Waals surface area contributed by atoms with Gasteiger partial charge in [0.05, 0.1) is 12.2 Å². The fourth-order valence-corrected chi connectivity index (χ4v) is 5.72. The second-order valence-corrected chi connectivity index (χ2v) is 9.98. The number of fused-ring (bicyclic) bond motifs is 3. The molecule has 2 fully saturated rings. The first-order chi connectivity index (χ1) is 17.6. The molecule has 188 valence electrons. The normalized spacial score (nSPS) is 20.4. The van der Waals surface area contributed by atoms with E-state index in [-0.39, 0.29) is 17.3 Å². The molecular weight excluding hydrogens is 461 g/mol. The van der Waals surface area contributed by atoms with Crippen molar-refractivity contribution < 1.29 is 23.4 Å². The number of amides is 1. The Bertz CT molecular complexity index is 1230. The fourth-order valence-electron chi connectivity index (χ4n) is 5.72. The van der Waals surface area contributed by atoms with Crippen molar-refractivity contribution in [3.8, 4) is 22.8 Å². The lowest BCUT2D eigenvalue weighted by Gasteiger charge is -2.46. The van der Waals surface area contributed by atoms with Gasteiger partial charge in [-0.1, -0.05) is 12.1 Å². The fraction of sp³-hybridized carbons (Fsp3) is 0.429. The molecule has 3 aliphatic heterocycles. The van der Waals surface area contributed by atoms with E-state index in [0.717, 1.165) is 61.3 Å². The van der Waals surface area contributed by atoms with E-state index in [1.54, 1.807) is 12.1 Å². The van der Waals surface area contributed by atoms with Crippen LogP contribution in [0.4, 0.5) is 4.39 Å². The molecule has 1 spiro atoms. The van der Waals surface area contributed by atoms with Crippen LogP contribution in [0.1, 0.15) is 48.2 Å². The standard InChI is InChI=1S/C28H30FN3O4/c29-20-5-7-21(8-6-20)34-15-9-19-10-16-36-28(17-19)11-13-32(14-12-28)27(33)26-23-18-35-24-4-2-1-3-22(24)25(23)30-31-26/h1-8,19H,9-18H2,(H,30,31). The lowest BCUT2D eigenvalue weighted by molar-refractivity contribution is -0.125. The maximum atomic E-state index is 13.4. The maximum Gasteiger partial charge on any atom is 0.272 e. The molecule has 6 rings (SSSR count). The smallest absolute Gasteiger partial charge is 0.272 e. The van der Waals surface area contributed by atoms with Gasteiger partial charge in [0.25, 0.3) is 5.91 Å². The van der Waals surface area contributed by atoms with Gasteiger partial charge in [0, 0.05) is 30.8 Å². The number of nitrogens with zero attached hydrogens (tertiary/aromatic N) is 2. The number of H-pyrrole nitrogens is 1. The number of hydrogen-bond donors (Lipinski definition) is 1. The Labute approximate surface area is 209 Å². The quantitative estimate of drug-likeness (QED) is 0.545. The molecule has 1 N–H and O–H groups in total. The van der Waals surface area contributed by atoms with Crippen molar-refractivity contribution in [3.05, 3.63) is 65.6 Å². The molecule has 7 nitrogen and oxygen atoms in total. The van der Waals surface area contributed by atoms with Gasteiger partial charge in [-0.3, -0.25) is 9.89 Å². The van der Waals surface area contributed by atoms with Crippen LogP contribution in [0.5, 0.6) is 11.5 Å². The Hall–Kier alpha value is -3.39. The molecule has 0 saturated carbocycles. The number of aromatic amines is 1. The van der Waals surface area contributed by atoms with E-state index in [9.17, 15) is 9.18 Å². The predicted molar refractivity (Wildman–Crippen MR) is 131 cm³/mol. The summed E-state index contributed by atoms with van der Waals surface area (Å²) in [5.74, 6) is 1.71. The highest BCUT2D eigenvalue weighted by Gasteiger charge is 2.42. The van der Waals surface area contributed by atoms with E-state index >= 15 is 0 Å². The van der Waals surface area contributed by atoms with Crippen molar-refractivity contribution in [2.45, 2.75) is 44.3 Å². The molecule has 0 aliphatic carbocycles. The van der Waals surface area contributed by atoms with Gasteiger partial charge in [-0.05, 0) is 74.4 Å². The number of carbonyl (C=O) groups is 1. The van der Waals surface area contributed by atoms with Crippen molar-refractivity contribution in [2.24, 2.45) is 5.92 Å². The molecule has 3 aliphatic rings. The molecule has 2 aromatic carbocycles. The molecule has 4 heterocycles. The molecule has 2 saturated heterocycles. The average Bonchev–Trinajstić information content (AvgIpc) is 3.35. The van der Waals surface area contributed by atoms with Gasteiger partial charge in [0.2, 0.25) is 0 Å². The Kier molecular flexibility index (Phi) is 6.13. The summed E-state index contributed by atoms with van der Waals surface area (Å²) < 4.78 is 31.1. The number of ether oxygens (including phenoxy) is 3. The first-order valence-corrected chi connectivity index (χ1v) is 12.7. The molecule has 36 heavy (non-hydrogen) atoms. The minimum absolute atomic E-state index is 0.0263. The Morgan fingerprint density at radius 1 is 1.17 bits per heavy atom. The number of hydrogen-bond acceptors (Lipinski definition) is 5. The molecule has 1 amide bonds. The largest absolute Gasteiger partial charge is 0.494 e. The lowest BCUT2D eigenvalue weighted by Crippen LogP contribution is -2.51. The summed E-state index contributed by atoms with van der Waals surface area (Å²) in [6.45, 7) is 2.99. The second kappa shape index (κ2) is 9.58. The molecular formula is C28H30FN3O4. The Morgan fingerprint density at radius 3 is 2.81 bits per heavy atom. The maximum absolute atomic E-state index is 13.4. The molecule has 1 aromatic heterocycles. The van der Waals surface area contributed by atoms with Crippen LogP contribution in [0, 0.1) is 11.7 Å². The van der Waals surface area contributed by atoms with Crippen LogP contribution in [0.15, 0.2) is 48.5 Å². The van der Waals surface area contributed by atoms with Crippen LogP contribution in [-0.2, 0) is 11.3 Å². The molecule has 0 bridgehead atoms. The molecule has 1 unspecified atom stereocenters. The van der Waals surface area contributed by atoms with Crippen LogP contribution in [0.25, 0.3) is 11.3 Å². The zero-order valence-electron chi connectivity index (χ0n) is 20.2. The van der Waals surface area contributed by atoms with Crippen molar-refractivity contribution >= 4 is 5.91 Å². The van der Waals surface area contributed by atoms with Crippen molar-refractivity contribution in [3.63, 3.8) is 0 Å². The summed E-state index contributed by atoms with van der Waals surface area (Å²) in [7, 11) is 0. The van der Waals surface area contributed by atoms with Gasteiger partial charge in [-0.15, -0.1) is 0 Å². The molecule has 1 atom stereocenters. The highest BCUT2D eigenvalue weighted by atomic mass is 19.1. The topological polar surface area (TPSA) is 76.7 Å².